The number of aromatic nitrogens is 2. The highest BCUT2D eigenvalue weighted by atomic mass is 16.3. The van der Waals surface area contributed by atoms with Crippen LogP contribution in [0.4, 0.5) is 0 Å². The van der Waals surface area contributed by atoms with Crippen LogP contribution in [-0.4, -0.2) is 38.5 Å². The molecule has 1 saturated heterocycles. The van der Waals surface area contributed by atoms with Crippen molar-refractivity contribution in [2.24, 2.45) is 5.92 Å². The van der Waals surface area contributed by atoms with Gasteiger partial charge in [-0.1, -0.05) is 33.1 Å². The maximum atomic E-state index is 10.3. The molecule has 112 valence electrons. The molecule has 1 aromatic rings. The van der Waals surface area contributed by atoms with Gasteiger partial charge in [0.2, 0.25) is 0 Å². The van der Waals surface area contributed by atoms with E-state index in [2.05, 4.69) is 35.7 Å². The van der Waals surface area contributed by atoms with Crippen LogP contribution >= 0.6 is 0 Å². The first-order valence-corrected chi connectivity index (χ1v) is 8.05. The summed E-state index contributed by atoms with van der Waals surface area (Å²) in [5.41, 5.74) is 0.660. The third-order valence-corrected chi connectivity index (χ3v) is 5.07. The minimum atomic E-state index is -0.480. The van der Waals surface area contributed by atoms with Crippen LogP contribution in [0.1, 0.15) is 57.7 Å². The van der Waals surface area contributed by atoms with Crippen LogP contribution in [0.3, 0.4) is 0 Å². The van der Waals surface area contributed by atoms with Gasteiger partial charge < -0.3 is 5.11 Å². The van der Waals surface area contributed by atoms with Crippen LogP contribution in [0.25, 0.3) is 0 Å². The van der Waals surface area contributed by atoms with Crippen LogP contribution in [0.5, 0.6) is 0 Å². The molecule has 3 rings (SSSR count). The van der Waals surface area contributed by atoms with E-state index in [1.54, 1.807) is 0 Å². The van der Waals surface area contributed by atoms with Crippen molar-refractivity contribution in [1.29, 1.82) is 0 Å². The average molecular weight is 277 g/mol. The molecule has 0 bridgehead atoms. The maximum absolute atomic E-state index is 10.3. The van der Waals surface area contributed by atoms with Crippen LogP contribution in [-0.2, 0) is 6.54 Å². The number of hydrogen-bond donors (Lipinski definition) is 1. The lowest BCUT2D eigenvalue weighted by Gasteiger charge is -2.48. The third-order valence-electron chi connectivity index (χ3n) is 5.07. The quantitative estimate of drug-likeness (QED) is 0.919. The Balaban J connectivity index is 1.53. The second kappa shape index (κ2) is 5.49. The van der Waals surface area contributed by atoms with Gasteiger partial charge in [0.25, 0.3) is 0 Å². The first-order chi connectivity index (χ1) is 9.57. The standard InChI is InChI=1S/C16H27N3O/c1-13(2)16(20)11-18(12-16)10-14-8-9-19(17-14)15-6-4-3-5-7-15/h8-9,13,15,20H,3-7,10-12H2,1-2H3. The average Bonchev–Trinajstić information content (AvgIpc) is 2.86. The summed E-state index contributed by atoms with van der Waals surface area (Å²) >= 11 is 0. The van der Waals surface area contributed by atoms with Crippen LogP contribution in [0.15, 0.2) is 12.3 Å². The fraction of sp³-hybridized carbons (Fsp3) is 0.812. The molecule has 4 heteroatoms. The molecule has 1 saturated carbocycles. The van der Waals surface area contributed by atoms with Gasteiger partial charge in [0.1, 0.15) is 0 Å². The summed E-state index contributed by atoms with van der Waals surface area (Å²) in [7, 11) is 0. The van der Waals surface area contributed by atoms with E-state index in [1.807, 2.05) is 0 Å². The molecule has 20 heavy (non-hydrogen) atoms. The first kappa shape index (κ1) is 14.1. The van der Waals surface area contributed by atoms with E-state index in [0.29, 0.717) is 12.0 Å². The fourth-order valence-corrected chi connectivity index (χ4v) is 3.44. The molecule has 2 aliphatic rings. The Kier molecular flexibility index (Phi) is 3.87. The zero-order valence-electron chi connectivity index (χ0n) is 12.8. The maximum Gasteiger partial charge on any atom is 0.0923 e. The Bertz CT molecular complexity index is 442. The molecule has 0 atom stereocenters. The van der Waals surface area contributed by atoms with Gasteiger partial charge in [-0.25, -0.2) is 0 Å². The van der Waals surface area contributed by atoms with E-state index >= 15 is 0 Å². The summed E-state index contributed by atoms with van der Waals surface area (Å²) in [4.78, 5) is 2.29. The summed E-state index contributed by atoms with van der Waals surface area (Å²) in [6.07, 6.45) is 8.75. The molecule has 1 aliphatic heterocycles. The highest BCUT2D eigenvalue weighted by Crippen LogP contribution is 2.30. The lowest BCUT2D eigenvalue weighted by atomic mass is 9.83. The predicted octanol–water partition coefficient (Wildman–Crippen LogP) is 2.59. The monoisotopic (exact) mass is 277 g/mol. The van der Waals surface area contributed by atoms with Gasteiger partial charge in [-0.05, 0) is 24.8 Å². The highest BCUT2D eigenvalue weighted by molar-refractivity contribution is 5.05. The molecule has 2 fully saturated rings. The minimum Gasteiger partial charge on any atom is -0.387 e. The molecule has 0 aromatic carbocycles. The van der Waals surface area contributed by atoms with Gasteiger partial charge in [0, 0.05) is 25.8 Å². The van der Waals surface area contributed by atoms with Gasteiger partial charge >= 0.3 is 0 Å². The Labute approximate surface area is 121 Å². The Hall–Kier alpha value is -0.870. The van der Waals surface area contributed by atoms with E-state index in [4.69, 9.17) is 5.10 Å². The number of hydrogen-bond acceptors (Lipinski definition) is 3. The van der Waals surface area contributed by atoms with E-state index < -0.39 is 5.60 Å². The van der Waals surface area contributed by atoms with E-state index in [1.165, 1.54) is 32.1 Å². The zero-order chi connectivity index (χ0) is 14.2. The molecule has 1 N–H and O–H groups in total. The van der Waals surface area contributed by atoms with Crippen molar-refractivity contribution >= 4 is 0 Å². The van der Waals surface area contributed by atoms with Gasteiger partial charge in [-0.2, -0.15) is 5.10 Å². The smallest absolute Gasteiger partial charge is 0.0923 e. The third kappa shape index (κ3) is 2.77. The molecule has 0 spiro atoms. The normalized spacial score (nSPS) is 24.0. The molecule has 2 heterocycles. The Morgan fingerprint density at radius 3 is 2.65 bits per heavy atom. The lowest BCUT2D eigenvalue weighted by molar-refractivity contribution is -0.131. The lowest BCUT2D eigenvalue weighted by Crippen LogP contribution is -2.63. The summed E-state index contributed by atoms with van der Waals surface area (Å²) in [6.45, 7) is 6.61. The molecular weight excluding hydrogens is 250 g/mol. The van der Waals surface area contributed by atoms with Gasteiger partial charge in [0.05, 0.1) is 17.3 Å². The Morgan fingerprint density at radius 2 is 2.00 bits per heavy atom. The van der Waals surface area contributed by atoms with E-state index in [9.17, 15) is 5.11 Å². The molecule has 1 aromatic heterocycles. The SMILES string of the molecule is CC(C)C1(O)CN(Cc2ccn(C3CCCCC3)n2)C1. The highest BCUT2D eigenvalue weighted by Gasteiger charge is 2.43. The fourth-order valence-electron chi connectivity index (χ4n) is 3.44. The second-order valence-electron chi connectivity index (χ2n) is 6.98. The first-order valence-electron chi connectivity index (χ1n) is 8.05. The summed E-state index contributed by atoms with van der Waals surface area (Å²) in [6, 6.07) is 2.75. The Morgan fingerprint density at radius 1 is 1.30 bits per heavy atom. The summed E-state index contributed by atoms with van der Waals surface area (Å²) < 4.78 is 2.17. The largest absolute Gasteiger partial charge is 0.387 e. The molecule has 0 amide bonds. The molecular formula is C16H27N3O. The van der Waals surface area contributed by atoms with E-state index in [-0.39, 0.29) is 0 Å². The van der Waals surface area contributed by atoms with Crippen LogP contribution in [0, 0.1) is 5.92 Å². The van der Waals surface area contributed by atoms with Gasteiger partial charge in [-0.15, -0.1) is 0 Å². The van der Waals surface area contributed by atoms with Crippen LogP contribution in [0.2, 0.25) is 0 Å². The van der Waals surface area contributed by atoms with Crippen molar-refractivity contribution in [3.8, 4) is 0 Å². The molecule has 0 unspecified atom stereocenters. The number of likely N-dealkylation sites (tertiary alicyclic amines) is 1. The predicted molar refractivity (Wildman–Crippen MR) is 79.4 cm³/mol. The van der Waals surface area contributed by atoms with Gasteiger partial charge in [0.15, 0.2) is 0 Å². The van der Waals surface area contributed by atoms with Crippen molar-refractivity contribution < 1.29 is 5.11 Å². The summed E-state index contributed by atoms with van der Waals surface area (Å²) in [5, 5.41) is 15.0. The van der Waals surface area contributed by atoms with Gasteiger partial charge in [-0.3, -0.25) is 9.58 Å². The van der Waals surface area contributed by atoms with Crippen molar-refractivity contribution in [2.45, 2.75) is 64.1 Å². The van der Waals surface area contributed by atoms with Crippen LogP contribution < -0.4 is 0 Å². The van der Waals surface area contributed by atoms with Crippen molar-refractivity contribution in [3.63, 3.8) is 0 Å². The topological polar surface area (TPSA) is 41.3 Å². The summed E-state index contributed by atoms with van der Waals surface area (Å²) in [5.74, 6) is 0.332. The zero-order valence-corrected chi connectivity index (χ0v) is 12.8. The number of β-amino-alcohol motifs (C(OH)–C–C–N with tert-alkyl or cyclic N) is 1. The molecule has 1 aliphatic carbocycles. The molecule has 4 nitrogen and oxygen atoms in total. The van der Waals surface area contributed by atoms with Crippen molar-refractivity contribution in [2.75, 3.05) is 13.1 Å². The minimum absolute atomic E-state index is 0.332. The van der Waals surface area contributed by atoms with Crippen molar-refractivity contribution in [1.82, 2.24) is 14.7 Å². The molecule has 0 radical (unpaired) electrons. The van der Waals surface area contributed by atoms with E-state index in [0.717, 1.165) is 25.3 Å². The number of aliphatic hydroxyl groups is 1. The van der Waals surface area contributed by atoms with Crippen molar-refractivity contribution in [3.05, 3.63) is 18.0 Å². The second-order valence-corrected chi connectivity index (χ2v) is 6.98. The number of nitrogens with zero attached hydrogens (tertiary/aromatic N) is 3. The number of rotatable bonds is 4.